The van der Waals surface area contributed by atoms with E-state index in [-0.39, 0.29) is 11.5 Å². The van der Waals surface area contributed by atoms with Gasteiger partial charge in [-0.05, 0) is 18.2 Å². The number of hydrogen-bond donors (Lipinski definition) is 0. The molecule has 2 aliphatic heterocycles. The van der Waals surface area contributed by atoms with Crippen molar-refractivity contribution in [3.05, 3.63) is 79.8 Å². The fraction of sp³-hybridized carbons (Fsp3) is 0.150. The highest BCUT2D eigenvalue weighted by atomic mass is 32.1. The molecule has 0 fully saturated rings. The number of thiazole rings is 1. The third-order valence-corrected chi connectivity index (χ3v) is 6.07. The summed E-state index contributed by atoms with van der Waals surface area (Å²) < 4.78 is 2.11. The molecule has 0 aliphatic carbocycles. The first-order valence-electron chi connectivity index (χ1n) is 8.61. The first kappa shape index (κ1) is 16.0. The smallest absolute Gasteiger partial charge is 0.272 e. The Labute approximate surface area is 158 Å². The van der Waals surface area contributed by atoms with Crippen LogP contribution < -0.4 is 24.7 Å². The Kier molecular flexibility index (Phi) is 3.51. The molecule has 27 heavy (non-hydrogen) atoms. The number of fused-ring (bicyclic) bond motifs is 2. The molecule has 0 saturated heterocycles. The molecule has 2 aliphatic rings. The van der Waals surface area contributed by atoms with Crippen LogP contribution in [0.25, 0.3) is 5.57 Å². The van der Waals surface area contributed by atoms with Crippen molar-refractivity contribution in [1.29, 1.82) is 0 Å². The van der Waals surface area contributed by atoms with Crippen molar-refractivity contribution in [2.75, 3.05) is 23.5 Å². The fourth-order valence-electron chi connectivity index (χ4n) is 3.55. The molecule has 2 aromatic carbocycles. The lowest BCUT2D eigenvalue weighted by Gasteiger charge is -2.25. The van der Waals surface area contributed by atoms with Crippen LogP contribution in [0, 0.1) is 0 Å². The molecule has 0 bridgehead atoms. The molecule has 0 unspecified atom stereocenters. The minimum atomic E-state index is -0.159. The second-order valence-electron chi connectivity index (χ2n) is 6.52. The zero-order valence-electron chi connectivity index (χ0n) is 14.6. The van der Waals surface area contributed by atoms with E-state index in [1.807, 2.05) is 59.5 Å². The summed E-state index contributed by atoms with van der Waals surface area (Å²) in [4.78, 5) is 34.8. The molecule has 134 valence electrons. The van der Waals surface area contributed by atoms with Crippen molar-refractivity contribution >= 4 is 34.2 Å². The molecule has 0 radical (unpaired) electrons. The van der Waals surface area contributed by atoms with Gasteiger partial charge in [-0.15, -0.1) is 0 Å². The van der Waals surface area contributed by atoms with Gasteiger partial charge in [-0.2, -0.15) is 0 Å². The van der Waals surface area contributed by atoms with Crippen molar-refractivity contribution < 1.29 is 4.79 Å². The van der Waals surface area contributed by atoms with Crippen LogP contribution in [0.1, 0.15) is 5.56 Å². The van der Waals surface area contributed by atoms with Crippen LogP contribution in [-0.4, -0.2) is 24.2 Å². The van der Waals surface area contributed by atoms with Gasteiger partial charge in [0.25, 0.3) is 11.5 Å². The van der Waals surface area contributed by atoms with Crippen molar-refractivity contribution in [3.8, 4) is 0 Å². The average molecular weight is 376 g/mol. The number of rotatable bonds is 1. The summed E-state index contributed by atoms with van der Waals surface area (Å²) in [6.45, 7) is 0.917. The number of para-hydroxylation sites is 2. The number of hydrogen-bond acceptors (Lipinski definition) is 5. The Bertz CT molecular complexity index is 1240. The summed E-state index contributed by atoms with van der Waals surface area (Å²) in [5.41, 5.74) is 2.97. The number of nitrogens with zero attached hydrogens (tertiary/aromatic N) is 4. The summed E-state index contributed by atoms with van der Waals surface area (Å²) in [6, 6.07) is 17.5. The van der Waals surface area contributed by atoms with E-state index in [4.69, 9.17) is 0 Å². The molecule has 1 amide bonds. The third kappa shape index (κ3) is 2.35. The largest absolute Gasteiger partial charge is 0.334 e. The van der Waals surface area contributed by atoms with Crippen LogP contribution >= 0.6 is 11.3 Å². The number of amides is 1. The minimum absolute atomic E-state index is 0.146. The quantitative estimate of drug-likeness (QED) is 0.640. The molecule has 0 N–H and O–H groups in total. The van der Waals surface area contributed by atoms with Gasteiger partial charge in [-0.3, -0.25) is 14.2 Å². The number of anilines is 2. The number of aromatic nitrogens is 1. The Morgan fingerprint density at radius 2 is 1.74 bits per heavy atom. The second-order valence-corrected chi connectivity index (χ2v) is 7.50. The summed E-state index contributed by atoms with van der Waals surface area (Å²) in [5, 5.41) is 0. The summed E-state index contributed by atoms with van der Waals surface area (Å²) in [6.07, 6.45) is 0. The van der Waals surface area contributed by atoms with Crippen LogP contribution in [0.2, 0.25) is 0 Å². The predicted octanol–water partition coefficient (Wildman–Crippen LogP) is 1.14. The van der Waals surface area contributed by atoms with Gasteiger partial charge in [0, 0.05) is 18.3 Å². The van der Waals surface area contributed by atoms with Gasteiger partial charge in [0.2, 0.25) is 0 Å². The molecule has 3 heterocycles. The normalized spacial score (nSPS) is 17.6. The molecule has 5 rings (SSSR count). The SMILES string of the molecule is CN1C(=O)C(=c2sc3n(c2=O)CN(c2ccccc2)CN=3)c2ccccc21. The fourth-order valence-corrected chi connectivity index (χ4v) is 4.60. The molecule has 0 spiro atoms. The lowest BCUT2D eigenvalue weighted by atomic mass is 10.1. The highest BCUT2D eigenvalue weighted by Crippen LogP contribution is 2.33. The number of likely N-dealkylation sites (N-methyl/N-ethyl adjacent to an activating group) is 1. The number of carbonyl (C=O) groups is 1. The molecular formula is C20H16N4O2S. The van der Waals surface area contributed by atoms with E-state index in [2.05, 4.69) is 4.99 Å². The standard InChI is InChI=1S/C20H16N4O2S/c1-22-15-10-6-5-9-14(15)16(18(22)25)17-19(26)24-12-23(11-21-20(24)27-17)13-7-3-2-4-8-13/h2-10H,11-12H2,1H3. The summed E-state index contributed by atoms with van der Waals surface area (Å²) in [5.74, 6) is -0.146. The van der Waals surface area contributed by atoms with Crippen LogP contribution in [-0.2, 0) is 11.5 Å². The van der Waals surface area contributed by atoms with E-state index in [0.717, 1.165) is 16.9 Å². The van der Waals surface area contributed by atoms with Crippen LogP contribution in [0.4, 0.5) is 11.4 Å². The monoisotopic (exact) mass is 376 g/mol. The van der Waals surface area contributed by atoms with E-state index in [9.17, 15) is 9.59 Å². The highest BCUT2D eigenvalue weighted by Gasteiger charge is 2.31. The molecule has 7 heteroatoms. The van der Waals surface area contributed by atoms with Gasteiger partial charge in [0.15, 0.2) is 4.80 Å². The Morgan fingerprint density at radius 1 is 1.00 bits per heavy atom. The van der Waals surface area contributed by atoms with Gasteiger partial charge in [0.1, 0.15) is 17.9 Å². The first-order valence-corrected chi connectivity index (χ1v) is 9.42. The maximum Gasteiger partial charge on any atom is 0.272 e. The van der Waals surface area contributed by atoms with Gasteiger partial charge in [-0.25, -0.2) is 4.99 Å². The van der Waals surface area contributed by atoms with E-state index in [1.54, 1.807) is 16.5 Å². The minimum Gasteiger partial charge on any atom is -0.334 e. The molecular weight excluding hydrogens is 360 g/mol. The van der Waals surface area contributed by atoms with Crippen molar-refractivity contribution in [1.82, 2.24) is 4.57 Å². The molecule has 0 atom stereocenters. The predicted molar refractivity (Wildman–Crippen MR) is 106 cm³/mol. The second kappa shape index (κ2) is 5.92. The van der Waals surface area contributed by atoms with E-state index < -0.39 is 0 Å². The van der Waals surface area contributed by atoms with E-state index in [1.165, 1.54) is 11.3 Å². The van der Waals surface area contributed by atoms with Crippen molar-refractivity contribution in [2.45, 2.75) is 6.67 Å². The Balaban J connectivity index is 1.69. The third-order valence-electron chi connectivity index (χ3n) is 4.95. The molecule has 0 saturated carbocycles. The number of benzene rings is 2. The van der Waals surface area contributed by atoms with Gasteiger partial charge in [-0.1, -0.05) is 47.7 Å². The van der Waals surface area contributed by atoms with Gasteiger partial charge < -0.3 is 9.80 Å². The lowest BCUT2D eigenvalue weighted by molar-refractivity contribution is -0.112. The van der Waals surface area contributed by atoms with Gasteiger partial charge >= 0.3 is 0 Å². The average Bonchev–Trinajstić information content (AvgIpc) is 3.16. The topological polar surface area (TPSA) is 57.9 Å². The van der Waals surface area contributed by atoms with E-state index >= 15 is 0 Å². The van der Waals surface area contributed by atoms with Gasteiger partial charge in [0.05, 0.1) is 11.3 Å². The first-order chi connectivity index (χ1) is 13.1. The molecule has 3 aromatic rings. The Morgan fingerprint density at radius 3 is 2.56 bits per heavy atom. The maximum atomic E-state index is 13.1. The van der Waals surface area contributed by atoms with Crippen LogP contribution in [0.5, 0.6) is 0 Å². The number of carbonyl (C=O) groups excluding carboxylic acids is 1. The zero-order chi connectivity index (χ0) is 18.5. The lowest BCUT2D eigenvalue weighted by Crippen LogP contribution is -2.43. The Hall–Kier alpha value is -3.19. The maximum absolute atomic E-state index is 13.1. The summed E-state index contributed by atoms with van der Waals surface area (Å²) >= 11 is 1.30. The van der Waals surface area contributed by atoms with Crippen LogP contribution in [0.3, 0.4) is 0 Å². The van der Waals surface area contributed by atoms with Crippen molar-refractivity contribution in [3.63, 3.8) is 0 Å². The molecule has 1 aromatic heterocycles. The van der Waals surface area contributed by atoms with E-state index in [0.29, 0.717) is 28.2 Å². The zero-order valence-corrected chi connectivity index (χ0v) is 15.4. The summed E-state index contributed by atoms with van der Waals surface area (Å²) in [7, 11) is 1.74. The molecule has 6 nitrogen and oxygen atoms in total. The van der Waals surface area contributed by atoms with Crippen molar-refractivity contribution in [2.24, 2.45) is 4.99 Å². The van der Waals surface area contributed by atoms with Crippen LogP contribution in [0.15, 0.2) is 64.4 Å². The highest BCUT2D eigenvalue weighted by molar-refractivity contribution is 7.07.